The van der Waals surface area contributed by atoms with Crippen molar-refractivity contribution in [3.8, 4) is 0 Å². The van der Waals surface area contributed by atoms with Gasteiger partial charge in [0.15, 0.2) is 0 Å². The lowest BCUT2D eigenvalue weighted by molar-refractivity contribution is 0.206. The molecule has 1 aliphatic heterocycles. The minimum atomic E-state index is 0.953. The molecule has 0 saturated carbocycles. The van der Waals surface area contributed by atoms with Crippen LogP contribution in [0.4, 0.5) is 0 Å². The molecule has 0 amide bonds. The number of hydrogen-bond donors (Lipinski definition) is 1. The van der Waals surface area contributed by atoms with Gasteiger partial charge in [-0.1, -0.05) is 13.8 Å². The van der Waals surface area contributed by atoms with E-state index in [0.29, 0.717) is 0 Å². The summed E-state index contributed by atoms with van der Waals surface area (Å²) in [4.78, 5) is 2.65. The van der Waals surface area contributed by atoms with Gasteiger partial charge in [-0.3, -0.25) is 0 Å². The van der Waals surface area contributed by atoms with Crippen molar-refractivity contribution in [2.45, 2.75) is 39.5 Å². The molecule has 0 aromatic carbocycles. The number of hydrogen-bond acceptors (Lipinski definition) is 2. The van der Waals surface area contributed by atoms with E-state index < -0.39 is 0 Å². The summed E-state index contributed by atoms with van der Waals surface area (Å²) in [5, 5.41) is 3.43. The molecule has 1 saturated heterocycles. The molecule has 1 rings (SSSR count). The summed E-state index contributed by atoms with van der Waals surface area (Å²) >= 11 is 0. The highest BCUT2D eigenvalue weighted by Crippen LogP contribution is 2.13. The molecular weight excluding hydrogens is 172 g/mol. The van der Waals surface area contributed by atoms with Gasteiger partial charge in [-0.25, -0.2) is 0 Å². The Balaban J connectivity index is 2.21. The fourth-order valence-corrected chi connectivity index (χ4v) is 2.36. The predicted octanol–water partition coefficient (Wildman–Crippen LogP) is 2.11. The maximum atomic E-state index is 3.43. The second kappa shape index (κ2) is 7.24. The largest absolute Gasteiger partial charge is 0.317 e. The van der Waals surface area contributed by atoms with Gasteiger partial charge in [0.2, 0.25) is 0 Å². The molecule has 0 aromatic rings. The molecule has 1 N–H and O–H groups in total. The molecule has 1 heterocycles. The van der Waals surface area contributed by atoms with Crippen molar-refractivity contribution >= 4 is 0 Å². The van der Waals surface area contributed by atoms with Crippen LogP contribution in [0.2, 0.25) is 0 Å². The second-order valence-electron chi connectivity index (χ2n) is 4.49. The molecule has 0 radical (unpaired) electrons. The number of piperidine rings is 1. The van der Waals surface area contributed by atoms with Crippen molar-refractivity contribution in [2.75, 3.05) is 32.7 Å². The summed E-state index contributed by atoms with van der Waals surface area (Å²) in [5.74, 6) is 0.953. The van der Waals surface area contributed by atoms with Crippen molar-refractivity contribution in [3.63, 3.8) is 0 Å². The summed E-state index contributed by atoms with van der Waals surface area (Å²) in [6.07, 6.45) is 5.35. The zero-order valence-corrected chi connectivity index (χ0v) is 9.89. The van der Waals surface area contributed by atoms with Crippen LogP contribution in [0, 0.1) is 5.92 Å². The van der Waals surface area contributed by atoms with E-state index in [1.54, 1.807) is 0 Å². The minimum absolute atomic E-state index is 0.953. The minimum Gasteiger partial charge on any atom is -0.317 e. The predicted molar refractivity (Wildman–Crippen MR) is 62.6 cm³/mol. The Labute approximate surface area is 89.1 Å². The molecule has 84 valence electrons. The third-order valence-corrected chi connectivity index (χ3v) is 3.05. The van der Waals surface area contributed by atoms with E-state index in [0.717, 1.165) is 5.92 Å². The quantitative estimate of drug-likeness (QED) is 0.703. The topological polar surface area (TPSA) is 15.3 Å². The van der Waals surface area contributed by atoms with E-state index in [4.69, 9.17) is 0 Å². The Kier molecular flexibility index (Phi) is 6.20. The Bertz CT molecular complexity index is 124. The van der Waals surface area contributed by atoms with Gasteiger partial charge in [0.05, 0.1) is 0 Å². The first-order chi connectivity index (χ1) is 6.86. The van der Waals surface area contributed by atoms with Gasteiger partial charge in [-0.05, 0) is 57.8 Å². The Morgan fingerprint density at radius 2 is 1.64 bits per heavy atom. The van der Waals surface area contributed by atoms with Gasteiger partial charge >= 0.3 is 0 Å². The average molecular weight is 198 g/mol. The molecule has 1 fully saturated rings. The summed E-state index contributed by atoms with van der Waals surface area (Å²) in [7, 11) is 0. The zero-order valence-electron chi connectivity index (χ0n) is 9.89. The van der Waals surface area contributed by atoms with Gasteiger partial charge in [-0.15, -0.1) is 0 Å². The Morgan fingerprint density at radius 1 is 1.07 bits per heavy atom. The van der Waals surface area contributed by atoms with Gasteiger partial charge in [0.1, 0.15) is 0 Å². The third kappa shape index (κ3) is 4.43. The normalized spacial score (nSPS) is 19.1. The lowest BCUT2D eigenvalue weighted by atomic mass is 9.97. The molecule has 0 spiro atoms. The monoisotopic (exact) mass is 198 g/mol. The summed E-state index contributed by atoms with van der Waals surface area (Å²) in [6.45, 7) is 10.9. The van der Waals surface area contributed by atoms with Gasteiger partial charge < -0.3 is 10.2 Å². The number of nitrogens with zero attached hydrogens (tertiary/aromatic N) is 1. The van der Waals surface area contributed by atoms with Gasteiger partial charge in [0.25, 0.3) is 0 Å². The molecule has 14 heavy (non-hydrogen) atoms. The first kappa shape index (κ1) is 12.0. The summed E-state index contributed by atoms with van der Waals surface area (Å²) < 4.78 is 0. The van der Waals surface area contributed by atoms with E-state index in [1.165, 1.54) is 58.4 Å². The van der Waals surface area contributed by atoms with Crippen LogP contribution in [0.5, 0.6) is 0 Å². The van der Waals surface area contributed by atoms with Gasteiger partial charge in [-0.2, -0.15) is 0 Å². The van der Waals surface area contributed by atoms with Crippen LogP contribution < -0.4 is 5.32 Å². The molecule has 0 unspecified atom stereocenters. The van der Waals surface area contributed by atoms with Crippen molar-refractivity contribution in [1.82, 2.24) is 10.2 Å². The molecule has 0 atom stereocenters. The number of nitrogens with one attached hydrogen (secondary N) is 1. The van der Waals surface area contributed by atoms with E-state index in [-0.39, 0.29) is 0 Å². The van der Waals surface area contributed by atoms with E-state index in [9.17, 15) is 0 Å². The van der Waals surface area contributed by atoms with Crippen molar-refractivity contribution in [1.29, 1.82) is 0 Å². The first-order valence-electron chi connectivity index (χ1n) is 6.29. The molecule has 2 nitrogen and oxygen atoms in total. The maximum Gasteiger partial charge on any atom is 0.00106 e. The molecule has 1 aliphatic rings. The van der Waals surface area contributed by atoms with Gasteiger partial charge in [0, 0.05) is 6.54 Å². The smallest absolute Gasteiger partial charge is 0.00106 e. The first-order valence-corrected chi connectivity index (χ1v) is 6.29. The lowest BCUT2D eigenvalue weighted by Crippen LogP contribution is -2.36. The average Bonchev–Trinajstić information content (AvgIpc) is 2.20. The zero-order chi connectivity index (χ0) is 10.2. The van der Waals surface area contributed by atoms with Crippen LogP contribution >= 0.6 is 0 Å². The van der Waals surface area contributed by atoms with Crippen LogP contribution in [0.25, 0.3) is 0 Å². The number of rotatable bonds is 6. The highest BCUT2D eigenvalue weighted by atomic mass is 15.1. The van der Waals surface area contributed by atoms with Crippen LogP contribution in [0.1, 0.15) is 39.5 Å². The summed E-state index contributed by atoms with van der Waals surface area (Å²) in [5.41, 5.74) is 0. The van der Waals surface area contributed by atoms with Crippen LogP contribution in [-0.2, 0) is 0 Å². The van der Waals surface area contributed by atoms with Crippen molar-refractivity contribution in [2.24, 2.45) is 5.92 Å². The SMILES string of the molecule is CCCN(CCC)CC1CCNCC1. The fraction of sp³-hybridized carbons (Fsp3) is 1.00. The van der Waals surface area contributed by atoms with Crippen LogP contribution in [0.3, 0.4) is 0 Å². The lowest BCUT2D eigenvalue weighted by Gasteiger charge is -2.29. The molecule has 0 aromatic heterocycles. The Morgan fingerprint density at radius 3 is 2.14 bits per heavy atom. The van der Waals surface area contributed by atoms with Crippen molar-refractivity contribution < 1.29 is 0 Å². The Hall–Kier alpha value is -0.0800. The molecule has 2 heteroatoms. The standard InChI is InChI=1S/C12H26N2/c1-3-9-14(10-4-2)11-12-5-7-13-8-6-12/h12-13H,3-11H2,1-2H3. The maximum absolute atomic E-state index is 3.43. The highest BCUT2D eigenvalue weighted by Gasteiger charge is 2.15. The highest BCUT2D eigenvalue weighted by molar-refractivity contribution is 4.72. The second-order valence-corrected chi connectivity index (χ2v) is 4.49. The third-order valence-electron chi connectivity index (χ3n) is 3.05. The molecule has 0 aliphatic carbocycles. The fourth-order valence-electron chi connectivity index (χ4n) is 2.36. The van der Waals surface area contributed by atoms with E-state index in [2.05, 4.69) is 24.1 Å². The van der Waals surface area contributed by atoms with E-state index in [1.807, 2.05) is 0 Å². The van der Waals surface area contributed by atoms with Crippen LogP contribution in [0.15, 0.2) is 0 Å². The summed E-state index contributed by atoms with van der Waals surface area (Å²) in [6, 6.07) is 0. The van der Waals surface area contributed by atoms with Crippen molar-refractivity contribution in [3.05, 3.63) is 0 Å². The molecule has 0 bridgehead atoms. The molecular formula is C12H26N2. The van der Waals surface area contributed by atoms with Crippen LogP contribution in [-0.4, -0.2) is 37.6 Å². The van der Waals surface area contributed by atoms with E-state index >= 15 is 0 Å².